The van der Waals surface area contributed by atoms with Crippen LogP contribution in [-0.2, 0) is 19.6 Å². The van der Waals surface area contributed by atoms with Gasteiger partial charge in [0.25, 0.3) is 0 Å². The number of rotatable bonds is 5. The standard InChI is InChI=1S/C23H27N3O4S2/c1-16-7-3-4-8-19(16)24-22(27)14-26-20-13-18(32(29,30)25-11-5-6-12-25)9-10-21(20)31-15-17(2)23(26)28/h3-4,7-10,13,17H,5-6,11-12,14-15H2,1-2H3,(H,24,27)/t17-/m0/s1. The molecule has 0 radical (unpaired) electrons. The van der Waals surface area contributed by atoms with E-state index in [4.69, 9.17) is 0 Å². The number of carbonyl (C=O) groups is 2. The SMILES string of the molecule is Cc1ccccc1NC(=O)CN1C(=O)[C@@H](C)CSc2ccc(S(=O)(=O)N3CCCC3)cc21. The minimum atomic E-state index is -3.64. The first-order valence-corrected chi connectivity index (χ1v) is 13.1. The fourth-order valence-electron chi connectivity index (χ4n) is 3.95. The van der Waals surface area contributed by atoms with Crippen LogP contribution in [-0.4, -0.2) is 49.9 Å². The van der Waals surface area contributed by atoms with Gasteiger partial charge in [0.15, 0.2) is 0 Å². The molecule has 0 unspecified atom stereocenters. The lowest BCUT2D eigenvalue weighted by atomic mass is 10.1. The van der Waals surface area contributed by atoms with Crippen molar-refractivity contribution in [3.63, 3.8) is 0 Å². The monoisotopic (exact) mass is 473 g/mol. The molecule has 0 spiro atoms. The summed E-state index contributed by atoms with van der Waals surface area (Å²) in [7, 11) is -3.64. The van der Waals surface area contributed by atoms with Crippen LogP contribution in [0.15, 0.2) is 52.3 Å². The first-order valence-electron chi connectivity index (χ1n) is 10.7. The number of benzene rings is 2. The molecule has 0 saturated carbocycles. The summed E-state index contributed by atoms with van der Waals surface area (Å²) < 4.78 is 27.7. The van der Waals surface area contributed by atoms with Gasteiger partial charge in [0.2, 0.25) is 21.8 Å². The molecule has 2 aliphatic heterocycles. The number of nitrogens with one attached hydrogen (secondary N) is 1. The van der Waals surface area contributed by atoms with Gasteiger partial charge in [-0.25, -0.2) is 8.42 Å². The van der Waals surface area contributed by atoms with E-state index in [2.05, 4.69) is 5.32 Å². The number of para-hydroxylation sites is 1. The number of nitrogens with zero attached hydrogens (tertiary/aromatic N) is 2. The van der Waals surface area contributed by atoms with Crippen LogP contribution in [0.5, 0.6) is 0 Å². The van der Waals surface area contributed by atoms with Crippen LogP contribution >= 0.6 is 11.8 Å². The van der Waals surface area contributed by atoms with Gasteiger partial charge < -0.3 is 10.2 Å². The Labute approximate surface area is 193 Å². The largest absolute Gasteiger partial charge is 0.324 e. The van der Waals surface area contributed by atoms with Gasteiger partial charge in [-0.1, -0.05) is 25.1 Å². The molecular formula is C23H27N3O4S2. The zero-order valence-corrected chi connectivity index (χ0v) is 19.8. The second kappa shape index (κ2) is 9.25. The Balaban J connectivity index is 1.66. The minimum Gasteiger partial charge on any atom is -0.324 e. The molecule has 2 aliphatic rings. The number of anilines is 2. The number of fused-ring (bicyclic) bond motifs is 1. The number of hydrogen-bond acceptors (Lipinski definition) is 5. The van der Waals surface area contributed by atoms with Crippen molar-refractivity contribution in [2.45, 2.75) is 36.5 Å². The van der Waals surface area contributed by atoms with Crippen LogP contribution in [0.25, 0.3) is 0 Å². The van der Waals surface area contributed by atoms with E-state index in [1.807, 2.05) is 38.1 Å². The Morgan fingerprint density at radius 2 is 1.88 bits per heavy atom. The highest BCUT2D eigenvalue weighted by molar-refractivity contribution is 7.99. The van der Waals surface area contributed by atoms with Crippen molar-refractivity contribution in [2.24, 2.45) is 5.92 Å². The molecule has 0 bridgehead atoms. The molecule has 2 aromatic carbocycles. The Bertz CT molecular complexity index is 1140. The van der Waals surface area contributed by atoms with E-state index in [9.17, 15) is 18.0 Å². The fourth-order valence-corrected chi connectivity index (χ4v) is 6.54. The molecule has 2 heterocycles. The van der Waals surface area contributed by atoms with E-state index >= 15 is 0 Å². The molecule has 1 saturated heterocycles. The number of carbonyl (C=O) groups excluding carboxylic acids is 2. The van der Waals surface area contributed by atoms with Crippen molar-refractivity contribution >= 4 is 45.0 Å². The second-order valence-electron chi connectivity index (χ2n) is 8.24. The smallest absolute Gasteiger partial charge is 0.244 e. The van der Waals surface area contributed by atoms with E-state index in [0.29, 0.717) is 30.2 Å². The summed E-state index contributed by atoms with van der Waals surface area (Å²) >= 11 is 1.51. The summed E-state index contributed by atoms with van der Waals surface area (Å²) in [6.07, 6.45) is 1.70. The summed E-state index contributed by atoms with van der Waals surface area (Å²) in [5.41, 5.74) is 2.09. The van der Waals surface area contributed by atoms with E-state index in [0.717, 1.165) is 23.3 Å². The predicted octanol–water partition coefficient (Wildman–Crippen LogP) is 3.49. The number of amides is 2. The van der Waals surface area contributed by atoms with Gasteiger partial charge in [-0.3, -0.25) is 9.59 Å². The topological polar surface area (TPSA) is 86.8 Å². The van der Waals surface area contributed by atoms with Gasteiger partial charge in [-0.2, -0.15) is 4.31 Å². The first kappa shape index (κ1) is 22.8. The summed E-state index contributed by atoms with van der Waals surface area (Å²) in [5.74, 6) is -0.241. The maximum Gasteiger partial charge on any atom is 0.244 e. The number of thioether (sulfide) groups is 1. The summed E-state index contributed by atoms with van der Waals surface area (Å²) in [6.45, 7) is 4.56. The highest BCUT2D eigenvalue weighted by Crippen LogP contribution is 2.38. The predicted molar refractivity (Wildman–Crippen MR) is 126 cm³/mol. The van der Waals surface area contributed by atoms with Gasteiger partial charge in [-0.15, -0.1) is 11.8 Å². The van der Waals surface area contributed by atoms with Crippen LogP contribution < -0.4 is 10.2 Å². The lowest BCUT2D eigenvalue weighted by Gasteiger charge is -2.25. The Hall–Kier alpha value is -2.36. The normalized spacial score (nSPS) is 19.5. The molecule has 32 heavy (non-hydrogen) atoms. The molecule has 1 fully saturated rings. The third kappa shape index (κ3) is 4.55. The van der Waals surface area contributed by atoms with Crippen molar-refractivity contribution in [2.75, 3.05) is 35.6 Å². The number of sulfonamides is 1. The Morgan fingerprint density at radius 3 is 2.59 bits per heavy atom. The minimum absolute atomic E-state index is 0.158. The van der Waals surface area contributed by atoms with Crippen molar-refractivity contribution in [3.05, 3.63) is 48.0 Å². The summed E-state index contributed by atoms with van der Waals surface area (Å²) in [6, 6.07) is 12.3. The van der Waals surface area contributed by atoms with Gasteiger partial charge >= 0.3 is 0 Å². The molecule has 2 amide bonds. The van der Waals surface area contributed by atoms with E-state index in [1.165, 1.54) is 21.0 Å². The maximum atomic E-state index is 13.2. The van der Waals surface area contributed by atoms with Gasteiger partial charge in [0, 0.05) is 35.3 Å². The van der Waals surface area contributed by atoms with Crippen molar-refractivity contribution < 1.29 is 18.0 Å². The molecule has 9 heteroatoms. The molecule has 7 nitrogen and oxygen atoms in total. The fraction of sp³-hybridized carbons (Fsp3) is 0.391. The van der Waals surface area contributed by atoms with Gasteiger partial charge in [0.05, 0.1) is 10.6 Å². The van der Waals surface area contributed by atoms with Crippen molar-refractivity contribution in [1.82, 2.24) is 4.31 Å². The van der Waals surface area contributed by atoms with Crippen molar-refractivity contribution in [3.8, 4) is 0 Å². The molecule has 2 aromatic rings. The molecular weight excluding hydrogens is 446 g/mol. The zero-order valence-electron chi connectivity index (χ0n) is 18.2. The second-order valence-corrected chi connectivity index (χ2v) is 11.2. The zero-order chi connectivity index (χ0) is 22.9. The van der Waals surface area contributed by atoms with Crippen LogP contribution in [0.4, 0.5) is 11.4 Å². The van der Waals surface area contributed by atoms with Gasteiger partial charge in [-0.05, 0) is 49.6 Å². The average Bonchev–Trinajstić information content (AvgIpc) is 3.29. The number of aryl methyl sites for hydroxylation is 1. The van der Waals surface area contributed by atoms with Crippen LogP contribution in [0.1, 0.15) is 25.3 Å². The van der Waals surface area contributed by atoms with E-state index in [1.54, 1.807) is 18.2 Å². The molecule has 4 rings (SSSR count). The third-order valence-electron chi connectivity index (χ3n) is 5.82. The quantitative estimate of drug-likeness (QED) is 0.718. The van der Waals surface area contributed by atoms with Crippen LogP contribution in [0.2, 0.25) is 0 Å². The number of hydrogen-bond donors (Lipinski definition) is 1. The third-order valence-corrected chi connectivity index (χ3v) is 9.04. The molecule has 0 aliphatic carbocycles. The van der Waals surface area contributed by atoms with Crippen LogP contribution in [0, 0.1) is 12.8 Å². The average molecular weight is 474 g/mol. The van der Waals surface area contributed by atoms with Gasteiger partial charge in [0.1, 0.15) is 6.54 Å². The lowest BCUT2D eigenvalue weighted by molar-refractivity contribution is -0.123. The summed E-state index contributed by atoms with van der Waals surface area (Å²) in [5, 5.41) is 2.87. The van der Waals surface area contributed by atoms with E-state index < -0.39 is 10.0 Å². The maximum absolute atomic E-state index is 13.2. The Morgan fingerprint density at radius 1 is 1.16 bits per heavy atom. The van der Waals surface area contributed by atoms with Crippen molar-refractivity contribution in [1.29, 1.82) is 0 Å². The molecule has 1 N–H and O–H groups in total. The molecule has 170 valence electrons. The van der Waals surface area contributed by atoms with E-state index in [-0.39, 0.29) is 29.2 Å². The molecule has 0 aromatic heterocycles. The summed E-state index contributed by atoms with van der Waals surface area (Å²) in [4.78, 5) is 28.4. The lowest BCUT2D eigenvalue weighted by Crippen LogP contribution is -2.41. The highest BCUT2D eigenvalue weighted by Gasteiger charge is 2.33. The molecule has 1 atom stereocenters. The Kier molecular flexibility index (Phi) is 6.60. The highest BCUT2D eigenvalue weighted by atomic mass is 32.2. The first-order chi connectivity index (χ1) is 15.3. The van der Waals surface area contributed by atoms with Crippen LogP contribution in [0.3, 0.4) is 0 Å².